The summed E-state index contributed by atoms with van der Waals surface area (Å²) in [5.74, 6) is -1.56. The minimum atomic E-state index is -0.697. The highest BCUT2D eigenvalue weighted by atomic mass is 32.1. The Hall–Kier alpha value is -5.11. The van der Waals surface area contributed by atoms with Gasteiger partial charge in [-0.25, -0.2) is 15.0 Å². The van der Waals surface area contributed by atoms with Crippen molar-refractivity contribution < 1.29 is 23.6 Å². The molecule has 0 radical (unpaired) electrons. The van der Waals surface area contributed by atoms with Crippen molar-refractivity contribution in [1.82, 2.24) is 35.8 Å². The number of hydrogen-bond donors (Lipinski definition) is 4. The minimum absolute atomic E-state index is 0.00232. The molecular formula is C30H32N8O5S. The monoisotopic (exact) mass is 616 g/mol. The number of carbonyl (C=O) groups excluding carboxylic acids is 4. The lowest BCUT2D eigenvalue weighted by Crippen LogP contribution is -2.45. The van der Waals surface area contributed by atoms with Crippen LogP contribution in [-0.4, -0.2) is 63.1 Å². The van der Waals surface area contributed by atoms with E-state index in [2.05, 4.69) is 30.9 Å². The number of oxazole rings is 1. The smallest absolute Gasteiger partial charge is 0.273 e. The summed E-state index contributed by atoms with van der Waals surface area (Å²) in [6, 6.07) is 11.3. The van der Waals surface area contributed by atoms with Crippen LogP contribution in [0.25, 0.3) is 0 Å². The van der Waals surface area contributed by atoms with E-state index in [1.165, 1.54) is 40.8 Å². The number of nitrogens with two attached hydrogens (primary N) is 1. The van der Waals surface area contributed by atoms with Crippen LogP contribution in [0.1, 0.15) is 73.7 Å². The molecule has 0 aliphatic carbocycles. The Labute approximate surface area is 257 Å². The highest BCUT2D eigenvalue weighted by Crippen LogP contribution is 2.26. The molecule has 14 heteroatoms. The number of aromatic nitrogens is 3. The lowest BCUT2D eigenvalue weighted by Gasteiger charge is -2.25. The first-order valence-corrected chi connectivity index (χ1v) is 14.9. The zero-order chi connectivity index (χ0) is 31.2. The number of carbonyl (C=O) groups is 4. The first-order chi connectivity index (χ1) is 21.2. The summed E-state index contributed by atoms with van der Waals surface area (Å²) >= 11 is 1.25. The molecule has 0 saturated heterocycles. The molecule has 1 aliphatic heterocycles. The van der Waals surface area contributed by atoms with Crippen molar-refractivity contribution in [2.75, 3.05) is 25.4 Å². The maximum Gasteiger partial charge on any atom is 0.273 e. The van der Waals surface area contributed by atoms with Crippen molar-refractivity contribution in [2.45, 2.75) is 32.4 Å². The van der Waals surface area contributed by atoms with Crippen LogP contribution in [0.3, 0.4) is 0 Å². The van der Waals surface area contributed by atoms with Gasteiger partial charge in [0, 0.05) is 31.1 Å². The van der Waals surface area contributed by atoms with Gasteiger partial charge in [-0.2, -0.15) is 0 Å². The number of nitrogen functional groups attached to an aromatic ring is 1. The van der Waals surface area contributed by atoms with Crippen LogP contribution in [-0.2, 0) is 11.2 Å². The van der Waals surface area contributed by atoms with Crippen molar-refractivity contribution >= 4 is 40.8 Å². The molecule has 44 heavy (non-hydrogen) atoms. The number of nitrogens with one attached hydrogen (secondary N) is 3. The van der Waals surface area contributed by atoms with Crippen LogP contribution in [0, 0.1) is 5.92 Å². The predicted molar refractivity (Wildman–Crippen MR) is 162 cm³/mol. The van der Waals surface area contributed by atoms with Gasteiger partial charge < -0.3 is 31.0 Å². The molecule has 0 saturated carbocycles. The van der Waals surface area contributed by atoms with Crippen molar-refractivity contribution in [3.05, 3.63) is 93.7 Å². The number of anilines is 1. The highest BCUT2D eigenvalue weighted by Gasteiger charge is 2.28. The third-order valence-corrected chi connectivity index (χ3v) is 7.89. The predicted octanol–water partition coefficient (Wildman–Crippen LogP) is 2.52. The Bertz CT molecular complexity index is 1640. The van der Waals surface area contributed by atoms with Crippen LogP contribution < -0.4 is 21.7 Å². The van der Waals surface area contributed by atoms with Crippen molar-refractivity contribution in [3.8, 4) is 0 Å². The molecule has 4 bridgehead atoms. The second-order valence-electron chi connectivity index (χ2n) is 10.6. The van der Waals surface area contributed by atoms with E-state index in [1.54, 1.807) is 5.38 Å². The minimum Gasteiger partial charge on any atom is -0.446 e. The average molecular weight is 617 g/mol. The van der Waals surface area contributed by atoms with Crippen LogP contribution in [0.2, 0.25) is 0 Å². The Balaban J connectivity index is 1.47. The molecule has 13 nitrogen and oxygen atoms in total. The van der Waals surface area contributed by atoms with Gasteiger partial charge in [0.15, 0.2) is 5.69 Å². The van der Waals surface area contributed by atoms with Gasteiger partial charge in [0.2, 0.25) is 11.8 Å². The standard InChI is InChI=1S/C30H32N8O5S/c1-17(2)25-29-36-22(16-44-29)27(41)34-20(12-18-6-4-3-5-7-18)28-35-21(15-43-28)26(40)32-10-11-38(14-24(39)37-25)30(42)19-8-9-23(31)33-13-19/h3-9,13,15-17,20,25H,10-12,14H2,1-2H3,(H2,31,33)(H,32,40)(H,34,41)(H,37,39)/t20-,25-/m0/s1. The van der Waals surface area contributed by atoms with E-state index < -0.39 is 35.7 Å². The fourth-order valence-corrected chi connectivity index (χ4v) is 5.66. The molecule has 0 unspecified atom stereocenters. The summed E-state index contributed by atoms with van der Waals surface area (Å²) < 4.78 is 5.67. The zero-order valence-electron chi connectivity index (χ0n) is 24.1. The normalized spacial score (nSPS) is 18.2. The number of amides is 4. The lowest BCUT2D eigenvalue weighted by molar-refractivity contribution is -0.122. The fraction of sp³-hybridized carbons (Fsp3) is 0.300. The zero-order valence-corrected chi connectivity index (χ0v) is 25.0. The van der Waals surface area contributed by atoms with Gasteiger partial charge in [0.1, 0.15) is 28.8 Å². The molecular weight excluding hydrogens is 584 g/mol. The first-order valence-electron chi connectivity index (χ1n) is 14.0. The summed E-state index contributed by atoms with van der Waals surface area (Å²) in [5.41, 5.74) is 7.00. The second kappa shape index (κ2) is 13.5. The summed E-state index contributed by atoms with van der Waals surface area (Å²) in [6.07, 6.45) is 2.90. The van der Waals surface area contributed by atoms with E-state index in [-0.39, 0.29) is 54.2 Å². The fourth-order valence-electron chi connectivity index (χ4n) is 4.64. The number of benzene rings is 1. The van der Waals surface area contributed by atoms with Crippen LogP contribution in [0.5, 0.6) is 0 Å². The van der Waals surface area contributed by atoms with Crippen LogP contribution >= 0.6 is 11.3 Å². The molecule has 0 fully saturated rings. The van der Waals surface area contributed by atoms with E-state index in [0.717, 1.165) is 5.56 Å². The molecule has 0 spiro atoms. The van der Waals surface area contributed by atoms with Crippen LogP contribution in [0.15, 0.2) is 64.7 Å². The molecule has 4 amide bonds. The molecule has 5 N–H and O–H groups in total. The molecule has 1 aliphatic rings. The highest BCUT2D eigenvalue weighted by molar-refractivity contribution is 7.09. The third kappa shape index (κ3) is 7.26. The summed E-state index contributed by atoms with van der Waals surface area (Å²) in [4.78, 5) is 67.2. The topological polar surface area (TPSA) is 185 Å². The Kier molecular flexibility index (Phi) is 9.29. The number of nitrogens with zero attached hydrogens (tertiary/aromatic N) is 4. The van der Waals surface area contributed by atoms with E-state index in [4.69, 9.17) is 10.2 Å². The number of fused-ring (bicyclic) bond motifs is 4. The molecule has 2 atom stereocenters. The van der Waals surface area contributed by atoms with E-state index >= 15 is 0 Å². The second-order valence-corrected chi connectivity index (χ2v) is 11.5. The summed E-state index contributed by atoms with van der Waals surface area (Å²) in [7, 11) is 0. The number of pyridine rings is 1. The Morgan fingerprint density at radius 2 is 1.86 bits per heavy atom. The van der Waals surface area contributed by atoms with Crippen molar-refractivity contribution in [3.63, 3.8) is 0 Å². The van der Waals surface area contributed by atoms with Gasteiger partial charge in [0.25, 0.3) is 17.7 Å². The third-order valence-electron chi connectivity index (χ3n) is 6.97. The molecule has 4 heterocycles. The van der Waals surface area contributed by atoms with Crippen molar-refractivity contribution in [1.29, 1.82) is 0 Å². The van der Waals surface area contributed by atoms with Gasteiger partial charge in [-0.3, -0.25) is 19.2 Å². The van der Waals surface area contributed by atoms with Crippen molar-refractivity contribution in [2.24, 2.45) is 5.92 Å². The summed E-state index contributed by atoms with van der Waals surface area (Å²) in [6.45, 7) is 3.60. The summed E-state index contributed by atoms with van der Waals surface area (Å²) in [5, 5.41) is 10.8. The lowest BCUT2D eigenvalue weighted by atomic mass is 10.0. The molecule has 4 aromatic rings. The Morgan fingerprint density at radius 1 is 1.07 bits per heavy atom. The van der Waals surface area contributed by atoms with Gasteiger partial charge in [0.05, 0.1) is 18.2 Å². The van der Waals surface area contributed by atoms with E-state index in [0.29, 0.717) is 11.4 Å². The van der Waals surface area contributed by atoms with Crippen LogP contribution in [0.4, 0.5) is 5.82 Å². The Morgan fingerprint density at radius 3 is 2.59 bits per heavy atom. The molecule has 3 aromatic heterocycles. The van der Waals surface area contributed by atoms with Gasteiger partial charge in [-0.15, -0.1) is 11.3 Å². The van der Waals surface area contributed by atoms with E-state index in [1.807, 2.05) is 44.2 Å². The number of thiazole rings is 1. The average Bonchev–Trinajstić information content (AvgIpc) is 3.70. The van der Waals surface area contributed by atoms with Gasteiger partial charge >= 0.3 is 0 Å². The van der Waals surface area contributed by atoms with Gasteiger partial charge in [-0.05, 0) is 23.6 Å². The van der Waals surface area contributed by atoms with E-state index in [9.17, 15) is 19.2 Å². The van der Waals surface area contributed by atoms with Gasteiger partial charge in [-0.1, -0.05) is 44.2 Å². The number of hydrogen-bond acceptors (Lipinski definition) is 10. The molecule has 228 valence electrons. The maximum absolute atomic E-state index is 13.4. The quantitative estimate of drug-likeness (QED) is 0.267. The number of rotatable bonds is 4. The largest absolute Gasteiger partial charge is 0.446 e. The SMILES string of the molecule is CC(C)[C@@H]1NC(=O)CN(C(=O)c2ccc(N)nc2)CCNC(=O)c2coc(n2)[C@H](Cc2ccccc2)NC(=O)c2csc1n2. The molecule has 5 rings (SSSR count). The first kappa shape index (κ1) is 30.4. The molecule has 1 aromatic carbocycles. The maximum atomic E-state index is 13.4.